The zero-order valence-corrected chi connectivity index (χ0v) is 10.4. The summed E-state index contributed by atoms with van der Waals surface area (Å²) in [5, 5.41) is 3.39. The van der Waals surface area contributed by atoms with Crippen LogP contribution in [0.4, 0.5) is 11.5 Å². The maximum atomic E-state index is 5.92. The van der Waals surface area contributed by atoms with Gasteiger partial charge in [-0.15, -0.1) is 0 Å². The Morgan fingerprint density at radius 2 is 1.94 bits per heavy atom. The predicted molar refractivity (Wildman–Crippen MR) is 71.0 cm³/mol. The molecule has 0 aliphatic carbocycles. The molecular weight excluding hydrogens is 250 g/mol. The molecule has 0 amide bonds. The SMILES string of the molecule is Cn1cnc2c(Nc3ccccc3)nc(Cl)nc21. The second-order valence-electron chi connectivity index (χ2n) is 3.86. The van der Waals surface area contributed by atoms with Gasteiger partial charge >= 0.3 is 0 Å². The van der Waals surface area contributed by atoms with Crippen LogP contribution in [0.15, 0.2) is 36.7 Å². The Bertz CT molecular complexity index is 692. The number of rotatable bonds is 2. The zero-order chi connectivity index (χ0) is 12.5. The topological polar surface area (TPSA) is 55.6 Å². The van der Waals surface area contributed by atoms with E-state index in [1.54, 1.807) is 10.9 Å². The molecule has 2 heterocycles. The fraction of sp³-hybridized carbons (Fsp3) is 0.0833. The third-order valence-corrected chi connectivity index (χ3v) is 2.74. The lowest BCUT2D eigenvalue weighted by Gasteiger charge is -2.06. The summed E-state index contributed by atoms with van der Waals surface area (Å²) >= 11 is 5.92. The predicted octanol–water partition coefficient (Wildman–Crippen LogP) is 2.76. The standard InChI is InChI=1S/C12H10ClN5/c1-18-7-14-9-10(16-12(13)17-11(9)18)15-8-5-3-2-4-6-8/h2-7H,1H3,(H,15,16,17). The monoisotopic (exact) mass is 259 g/mol. The van der Waals surface area contributed by atoms with E-state index in [4.69, 9.17) is 11.6 Å². The Hall–Kier alpha value is -2.14. The van der Waals surface area contributed by atoms with E-state index in [1.807, 2.05) is 37.4 Å². The fourth-order valence-electron chi connectivity index (χ4n) is 1.73. The molecule has 6 heteroatoms. The first-order valence-corrected chi connectivity index (χ1v) is 5.78. The van der Waals surface area contributed by atoms with Crippen molar-refractivity contribution in [2.45, 2.75) is 0 Å². The molecule has 0 saturated carbocycles. The average molecular weight is 260 g/mol. The quantitative estimate of drug-likeness (QED) is 0.719. The molecule has 0 radical (unpaired) electrons. The molecule has 3 rings (SSSR count). The van der Waals surface area contributed by atoms with Crippen LogP contribution < -0.4 is 5.32 Å². The molecule has 1 N–H and O–H groups in total. The highest BCUT2D eigenvalue weighted by Gasteiger charge is 2.10. The van der Waals surface area contributed by atoms with Gasteiger partial charge in [-0.25, -0.2) is 4.98 Å². The first kappa shape index (κ1) is 11.0. The van der Waals surface area contributed by atoms with E-state index in [2.05, 4.69) is 20.3 Å². The number of nitrogens with zero attached hydrogens (tertiary/aromatic N) is 4. The molecule has 90 valence electrons. The highest BCUT2D eigenvalue weighted by atomic mass is 35.5. The van der Waals surface area contributed by atoms with Crippen LogP contribution in [0.2, 0.25) is 5.28 Å². The number of nitrogens with one attached hydrogen (secondary N) is 1. The van der Waals surface area contributed by atoms with Gasteiger partial charge in [0.15, 0.2) is 17.0 Å². The minimum absolute atomic E-state index is 0.199. The summed E-state index contributed by atoms with van der Waals surface area (Å²) in [5.74, 6) is 0.608. The fourth-order valence-corrected chi connectivity index (χ4v) is 1.89. The third kappa shape index (κ3) is 1.89. The van der Waals surface area contributed by atoms with Crippen molar-refractivity contribution in [1.82, 2.24) is 19.5 Å². The van der Waals surface area contributed by atoms with E-state index < -0.39 is 0 Å². The maximum Gasteiger partial charge on any atom is 0.226 e. The maximum absolute atomic E-state index is 5.92. The van der Waals surface area contributed by atoms with Crippen LogP contribution in [-0.2, 0) is 7.05 Å². The molecule has 5 nitrogen and oxygen atoms in total. The first-order valence-electron chi connectivity index (χ1n) is 5.40. The lowest BCUT2D eigenvalue weighted by atomic mass is 10.3. The molecule has 0 aliphatic heterocycles. The lowest BCUT2D eigenvalue weighted by molar-refractivity contribution is 0.928. The van der Waals surface area contributed by atoms with Gasteiger partial charge in [0.05, 0.1) is 6.33 Å². The number of fused-ring (bicyclic) bond motifs is 1. The second-order valence-corrected chi connectivity index (χ2v) is 4.20. The number of halogens is 1. The molecule has 1 aromatic carbocycles. The summed E-state index contributed by atoms with van der Waals surface area (Å²) in [6.45, 7) is 0. The van der Waals surface area contributed by atoms with E-state index in [9.17, 15) is 0 Å². The van der Waals surface area contributed by atoms with Gasteiger partial charge in [0.1, 0.15) is 0 Å². The molecule has 0 unspecified atom stereocenters. The molecule has 0 aliphatic rings. The van der Waals surface area contributed by atoms with Gasteiger partial charge in [-0.05, 0) is 23.7 Å². The van der Waals surface area contributed by atoms with Crippen molar-refractivity contribution in [3.05, 3.63) is 41.9 Å². The number of imidazole rings is 1. The summed E-state index contributed by atoms with van der Waals surface area (Å²) in [6, 6.07) is 9.74. The third-order valence-electron chi connectivity index (χ3n) is 2.57. The summed E-state index contributed by atoms with van der Waals surface area (Å²) in [6.07, 6.45) is 1.69. The van der Waals surface area contributed by atoms with Crippen LogP contribution in [0.1, 0.15) is 0 Å². The highest BCUT2D eigenvalue weighted by molar-refractivity contribution is 6.28. The number of benzene rings is 1. The van der Waals surface area contributed by atoms with Crippen molar-refractivity contribution in [3.63, 3.8) is 0 Å². The summed E-state index contributed by atoms with van der Waals surface area (Å²) in [4.78, 5) is 12.6. The van der Waals surface area contributed by atoms with Crippen molar-refractivity contribution in [2.75, 3.05) is 5.32 Å². The minimum Gasteiger partial charge on any atom is -0.338 e. The van der Waals surface area contributed by atoms with E-state index >= 15 is 0 Å². The summed E-state index contributed by atoms with van der Waals surface area (Å²) in [7, 11) is 1.87. The van der Waals surface area contributed by atoms with Gasteiger partial charge in [0, 0.05) is 12.7 Å². The van der Waals surface area contributed by atoms with Gasteiger partial charge in [0.25, 0.3) is 0 Å². The average Bonchev–Trinajstić information content (AvgIpc) is 2.73. The van der Waals surface area contributed by atoms with Crippen molar-refractivity contribution in [2.24, 2.45) is 7.05 Å². The van der Waals surface area contributed by atoms with E-state index in [0.29, 0.717) is 17.0 Å². The molecule has 0 atom stereocenters. The van der Waals surface area contributed by atoms with Gasteiger partial charge < -0.3 is 9.88 Å². The van der Waals surface area contributed by atoms with Crippen LogP contribution in [0.25, 0.3) is 11.2 Å². The molecule has 0 bridgehead atoms. The van der Waals surface area contributed by atoms with Gasteiger partial charge in [-0.1, -0.05) is 18.2 Å². The van der Waals surface area contributed by atoms with Crippen molar-refractivity contribution < 1.29 is 0 Å². The number of para-hydroxylation sites is 1. The Labute approximate surface area is 108 Å². The number of aryl methyl sites for hydroxylation is 1. The van der Waals surface area contributed by atoms with Crippen molar-refractivity contribution >= 4 is 34.3 Å². The van der Waals surface area contributed by atoms with E-state index in [-0.39, 0.29) is 5.28 Å². The second kappa shape index (κ2) is 4.27. The number of anilines is 2. The smallest absolute Gasteiger partial charge is 0.226 e. The van der Waals surface area contributed by atoms with Crippen molar-refractivity contribution in [1.29, 1.82) is 0 Å². The Morgan fingerprint density at radius 1 is 1.17 bits per heavy atom. The minimum atomic E-state index is 0.199. The Morgan fingerprint density at radius 3 is 2.72 bits per heavy atom. The van der Waals surface area contributed by atoms with E-state index in [1.165, 1.54) is 0 Å². The van der Waals surface area contributed by atoms with Crippen molar-refractivity contribution in [3.8, 4) is 0 Å². The first-order chi connectivity index (χ1) is 8.74. The Balaban J connectivity index is 2.11. The molecule has 0 spiro atoms. The molecule has 18 heavy (non-hydrogen) atoms. The summed E-state index contributed by atoms with van der Waals surface area (Å²) in [5.41, 5.74) is 2.33. The number of hydrogen-bond donors (Lipinski definition) is 1. The number of aromatic nitrogens is 4. The largest absolute Gasteiger partial charge is 0.338 e. The van der Waals surface area contributed by atoms with Crippen LogP contribution >= 0.6 is 11.6 Å². The molecule has 0 saturated heterocycles. The van der Waals surface area contributed by atoms with Crippen LogP contribution in [0.5, 0.6) is 0 Å². The molecule has 0 fully saturated rings. The van der Waals surface area contributed by atoms with Gasteiger partial charge in [-0.2, -0.15) is 9.97 Å². The van der Waals surface area contributed by atoms with Gasteiger partial charge in [0.2, 0.25) is 5.28 Å². The summed E-state index contributed by atoms with van der Waals surface area (Å²) < 4.78 is 1.80. The Kier molecular flexibility index (Phi) is 2.60. The lowest BCUT2D eigenvalue weighted by Crippen LogP contribution is -1.98. The van der Waals surface area contributed by atoms with E-state index in [0.717, 1.165) is 5.69 Å². The normalized spacial score (nSPS) is 10.8. The number of hydrogen-bond acceptors (Lipinski definition) is 4. The van der Waals surface area contributed by atoms with Gasteiger partial charge in [-0.3, -0.25) is 0 Å². The molecular formula is C12H10ClN5. The van der Waals surface area contributed by atoms with Crippen LogP contribution in [0, 0.1) is 0 Å². The zero-order valence-electron chi connectivity index (χ0n) is 9.63. The van der Waals surface area contributed by atoms with Crippen LogP contribution in [-0.4, -0.2) is 19.5 Å². The van der Waals surface area contributed by atoms with Crippen LogP contribution in [0.3, 0.4) is 0 Å². The molecule has 3 aromatic rings. The molecule has 2 aromatic heterocycles. The highest BCUT2D eigenvalue weighted by Crippen LogP contribution is 2.23.